The lowest BCUT2D eigenvalue weighted by Crippen LogP contribution is -2.23. The van der Waals surface area contributed by atoms with Crippen molar-refractivity contribution in [2.75, 3.05) is 12.9 Å². The number of benzene rings is 2. The molecule has 1 heterocycles. The van der Waals surface area contributed by atoms with Gasteiger partial charge in [0.1, 0.15) is 6.54 Å². The molecule has 3 rings (SSSR count). The summed E-state index contributed by atoms with van der Waals surface area (Å²) in [5.74, 6) is -0.437. The topological polar surface area (TPSA) is 94.8 Å². The first-order chi connectivity index (χ1) is 15.1. The minimum atomic E-state index is -3.30. The molecule has 3 aromatic rings. The highest BCUT2D eigenvalue weighted by molar-refractivity contribution is 7.90. The van der Waals surface area contributed by atoms with Gasteiger partial charge in [-0.15, -0.1) is 0 Å². The Hall–Kier alpha value is -2.78. The van der Waals surface area contributed by atoms with E-state index in [1.807, 2.05) is 12.1 Å². The van der Waals surface area contributed by atoms with Crippen LogP contribution in [0.4, 0.5) is 0 Å². The molecule has 0 radical (unpaired) electrons. The zero-order chi connectivity index (χ0) is 23.5. The van der Waals surface area contributed by atoms with Crippen molar-refractivity contribution in [3.63, 3.8) is 0 Å². The minimum absolute atomic E-state index is 0.0228. The van der Waals surface area contributed by atoms with E-state index in [0.29, 0.717) is 16.3 Å². The van der Waals surface area contributed by atoms with Crippen LogP contribution in [0.25, 0.3) is 10.2 Å². The van der Waals surface area contributed by atoms with E-state index in [0.717, 1.165) is 22.0 Å². The Balaban J connectivity index is 1.97. The number of hydrogen-bond acceptors (Lipinski definition) is 6. The fourth-order valence-corrected chi connectivity index (χ4v) is 4.92. The van der Waals surface area contributed by atoms with Crippen LogP contribution in [0.3, 0.4) is 0 Å². The molecule has 9 heteroatoms. The Bertz CT molecular complexity index is 1320. The molecule has 2 aromatic carbocycles. The average Bonchev–Trinajstić information content (AvgIpc) is 3.03. The number of sulfone groups is 1. The Morgan fingerprint density at radius 1 is 1.12 bits per heavy atom. The van der Waals surface area contributed by atoms with Crippen molar-refractivity contribution in [3.8, 4) is 0 Å². The van der Waals surface area contributed by atoms with Crippen molar-refractivity contribution >= 4 is 43.3 Å². The third-order valence-electron chi connectivity index (χ3n) is 4.89. The lowest BCUT2D eigenvalue weighted by Gasteiger charge is -2.07. The maximum absolute atomic E-state index is 12.7. The van der Waals surface area contributed by atoms with Gasteiger partial charge in [-0.25, -0.2) is 8.42 Å². The largest absolute Gasteiger partial charge is 0.465 e. The number of esters is 1. The van der Waals surface area contributed by atoms with E-state index in [1.165, 1.54) is 23.5 Å². The van der Waals surface area contributed by atoms with Crippen molar-refractivity contribution in [2.45, 2.75) is 44.6 Å². The molecular weight excluding hydrogens is 448 g/mol. The minimum Gasteiger partial charge on any atom is -0.465 e. The molecular formula is C23H26N2O5S2. The molecule has 1 amide bonds. The van der Waals surface area contributed by atoms with Crippen molar-refractivity contribution in [3.05, 3.63) is 58.4 Å². The van der Waals surface area contributed by atoms with Crippen molar-refractivity contribution < 1.29 is 22.7 Å². The summed E-state index contributed by atoms with van der Waals surface area (Å²) in [4.78, 5) is 29.7. The summed E-state index contributed by atoms with van der Waals surface area (Å²) in [6.07, 6.45) is 1.16. The molecule has 0 N–H and O–H groups in total. The van der Waals surface area contributed by atoms with E-state index in [1.54, 1.807) is 23.6 Å². The van der Waals surface area contributed by atoms with Gasteiger partial charge in [0.15, 0.2) is 14.6 Å². The zero-order valence-corrected chi connectivity index (χ0v) is 20.1. The summed E-state index contributed by atoms with van der Waals surface area (Å²) in [6.45, 7) is 6.18. The first-order valence-corrected chi connectivity index (χ1v) is 12.9. The van der Waals surface area contributed by atoms with Crippen LogP contribution in [0, 0.1) is 0 Å². The third kappa shape index (κ3) is 5.72. The van der Waals surface area contributed by atoms with E-state index in [9.17, 15) is 18.0 Å². The van der Waals surface area contributed by atoms with Crippen molar-refractivity contribution in [1.29, 1.82) is 0 Å². The van der Waals surface area contributed by atoms with Gasteiger partial charge in [0, 0.05) is 6.26 Å². The van der Waals surface area contributed by atoms with Crippen molar-refractivity contribution in [1.82, 2.24) is 4.57 Å². The fraction of sp³-hybridized carbons (Fsp3) is 0.348. The second-order valence-electron chi connectivity index (χ2n) is 7.76. The molecule has 0 aliphatic heterocycles. The maximum Gasteiger partial charge on any atom is 0.326 e. The van der Waals surface area contributed by atoms with E-state index < -0.39 is 15.8 Å². The third-order valence-corrected chi connectivity index (χ3v) is 7.06. The summed E-state index contributed by atoms with van der Waals surface area (Å²) in [5.41, 5.74) is 2.63. The Labute approximate surface area is 191 Å². The van der Waals surface area contributed by atoms with Gasteiger partial charge in [-0.1, -0.05) is 43.4 Å². The molecule has 1 aromatic heterocycles. The average molecular weight is 475 g/mol. The Morgan fingerprint density at radius 2 is 1.81 bits per heavy atom. The Morgan fingerprint density at radius 3 is 2.41 bits per heavy atom. The van der Waals surface area contributed by atoms with E-state index in [-0.39, 0.29) is 30.4 Å². The molecule has 0 saturated heterocycles. The molecule has 0 unspecified atom stereocenters. The van der Waals surface area contributed by atoms with Gasteiger partial charge >= 0.3 is 5.97 Å². The molecule has 0 saturated carbocycles. The van der Waals surface area contributed by atoms with E-state index >= 15 is 0 Å². The smallest absolute Gasteiger partial charge is 0.326 e. The number of ether oxygens (including phenoxy) is 1. The second kappa shape index (κ2) is 9.79. The molecule has 32 heavy (non-hydrogen) atoms. The highest BCUT2D eigenvalue weighted by Crippen LogP contribution is 2.23. The summed E-state index contributed by atoms with van der Waals surface area (Å²) in [5, 5.41) is 0. The zero-order valence-electron chi connectivity index (χ0n) is 18.5. The number of rotatable bonds is 7. The summed E-state index contributed by atoms with van der Waals surface area (Å²) >= 11 is 1.35. The quantitative estimate of drug-likeness (QED) is 0.489. The standard InChI is InChI=1S/C23H26N2O5S2/c1-5-30-22(27)14-25-19-11-8-17(15(2)3)13-20(19)31-23(25)24-21(26)12-16-6-9-18(10-7-16)32(4,28)29/h6-11,13,15H,5,12,14H2,1-4H3. The van der Waals surface area contributed by atoms with Crippen LogP contribution in [0.15, 0.2) is 52.4 Å². The van der Waals surface area contributed by atoms with Crippen LogP contribution >= 0.6 is 11.3 Å². The normalized spacial score (nSPS) is 12.5. The molecule has 0 fully saturated rings. The number of nitrogens with zero attached hydrogens (tertiary/aromatic N) is 2. The second-order valence-corrected chi connectivity index (χ2v) is 10.8. The molecule has 0 spiro atoms. The Kier molecular flexibility index (Phi) is 7.30. The lowest BCUT2D eigenvalue weighted by atomic mass is 10.0. The number of amides is 1. The fourth-order valence-electron chi connectivity index (χ4n) is 3.20. The maximum atomic E-state index is 12.7. The highest BCUT2D eigenvalue weighted by atomic mass is 32.2. The van der Waals surface area contributed by atoms with Gasteiger partial charge in [0.25, 0.3) is 5.91 Å². The first kappa shape index (κ1) is 23.9. The van der Waals surface area contributed by atoms with Gasteiger partial charge in [0.05, 0.1) is 28.1 Å². The first-order valence-electron chi connectivity index (χ1n) is 10.2. The van der Waals surface area contributed by atoms with Crippen molar-refractivity contribution in [2.24, 2.45) is 4.99 Å². The van der Waals surface area contributed by atoms with Gasteiger partial charge in [0.2, 0.25) is 0 Å². The molecule has 7 nitrogen and oxygen atoms in total. The molecule has 170 valence electrons. The summed E-state index contributed by atoms with van der Waals surface area (Å²) in [7, 11) is -3.30. The number of hydrogen-bond donors (Lipinski definition) is 0. The summed E-state index contributed by atoms with van der Waals surface area (Å²) in [6, 6.07) is 12.2. The number of carbonyl (C=O) groups excluding carboxylic acids is 2. The monoisotopic (exact) mass is 474 g/mol. The lowest BCUT2D eigenvalue weighted by molar-refractivity contribution is -0.143. The van der Waals surface area contributed by atoms with Gasteiger partial charge in [-0.3, -0.25) is 9.59 Å². The number of fused-ring (bicyclic) bond motifs is 1. The molecule has 0 bridgehead atoms. The van der Waals surface area contributed by atoms with E-state index in [4.69, 9.17) is 4.74 Å². The summed E-state index contributed by atoms with van der Waals surface area (Å²) < 4.78 is 30.9. The van der Waals surface area contributed by atoms with Crippen LogP contribution in [-0.4, -0.2) is 37.7 Å². The number of aromatic nitrogens is 1. The molecule has 0 aliphatic rings. The van der Waals surface area contributed by atoms with Gasteiger partial charge < -0.3 is 9.30 Å². The van der Waals surface area contributed by atoms with Crippen LogP contribution in [0.5, 0.6) is 0 Å². The number of carbonyl (C=O) groups is 2. The van der Waals surface area contributed by atoms with Crippen LogP contribution in [0.1, 0.15) is 37.8 Å². The van der Waals surface area contributed by atoms with Crippen LogP contribution < -0.4 is 4.80 Å². The van der Waals surface area contributed by atoms with E-state index in [2.05, 4.69) is 24.9 Å². The van der Waals surface area contributed by atoms with Crippen LogP contribution in [-0.2, 0) is 37.1 Å². The van der Waals surface area contributed by atoms with Gasteiger partial charge in [-0.05, 0) is 48.2 Å². The van der Waals surface area contributed by atoms with Crippen LogP contribution in [0.2, 0.25) is 0 Å². The molecule has 0 atom stereocenters. The molecule has 0 aliphatic carbocycles. The predicted molar refractivity (Wildman–Crippen MR) is 124 cm³/mol. The van der Waals surface area contributed by atoms with Gasteiger partial charge in [-0.2, -0.15) is 4.99 Å². The SMILES string of the molecule is CCOC(=O)Cn1c(=NC(=O)Cc2ccc(S(C)(=O)=O)cc2)sc2cc(C(C)C)ccc21. The highest BCUT2D eigenvalue weighted by Gasteiger charge is 2.14. The number of thiazole rings is 1. The predicted octanol–water partition coefficient (Wildman–Crippen LogP) is 3.46.